The molecule has 1 N–H and O–H groups in total. The lowest BCUT2D eigenvalue weighted by atomic mass is 9.67. The van der Waals surface area contributed by atoms with Crippen molar-refractivity contribution in [3.8, 4) is 0 Å². The van der Waals surface area contributed by atoms with Crippen LogP contribution in [-0.2, 0) is 34.0 Å². The molecule has 0 unspecified atom stereocenters. The first-order chi connectivity index (χ1) is 23.8. The molecule has 6 atom stereocenters. The van der Waals surface area contributed by atoms with Gasteiger partial charge in [-0.25, -0.2) is 12.7 Å². The number of nitrogens with zero attached hydrogens (tertiary/aromatic N) is 2. The van der Waals surface area contributed by atoms with Crippen LogP contribution < -0.4 is 5.32 Å². The van der Waals surface area contributed by atoms with Gasteiger partial charge < -0.3 is 10.2 Å². The summed E-state index contributed by atoms with van der Waals surface area (Å²) in [5.74, 6) is -2.49. The highest BCUT2D eigenvalue weighted by Crippen LogP contribution is 2.65. The van der Waals surface area contributed by atoms with Gasteiger partial charge in [0.1, 0.15) is 5.78 Å². The molecular weight excluding hydrogens is 655 g/mol. The molecule has 0 aromatic carbocycles. The Morgan fingerprint density at radius 2 is 1.46 bits per heavy atom. The van der Waals surface area contributed by atoms with E-state index in [1.807, 2.05) is 0 Å². The topological polar surface area (TPSA) is 138 Å². The second-order valence-electron chi connectivity index (χ2n) is 17.6. The van der Waals surface area contributed by atoms with Crippen LogP contribution in [0, 0.1) is 34.5 Å². The predicted molar refractivity (Wildman–Crippen MR) is 190 cm³/mol. The Labute approximate surface area is 299 Å². The van der Waals surface area contributed by atoms with Crippen LogP contribution in [0.2, 0.25) is 0 Å². The SMILES string of the molecule is CN1CC[C@H](C2(CC(=O)C[C@H]3CCCCCCCCC[C@@H](C(=O)C(=O)NC4CC4)CC(=O)[C@@H]4[C@@H]5[C@H](CN4C3=O)C5(C)C)CCCCC2)S1(=O)=O. The van der Waals surface area contributed by atoms with Crippen LogP contribution in [0.25, 0.3) is 0 Å². The average Bonchev–Trinajstić information content (AvgIpc) is 3.88. The standard InChI is InChI=1S/C39H61N3O7S/c1-38(2)30-25-42-34(33(30)38)31(44)23-26(35(45)36(46)40-28-16-17-28)14-10-7-5-4-6-8-11-15-27(37(42)47)22-29(43)24-39(19-12-9-13-20-39)32-18-21-41(3)50(32,48)49/h26-28,30,32-34H,4-25H2,1-3H3,(H,40,46)/t26-,27-,30+,32-,33+,34-/m1/s1. The van der Waals surface area contributed by atoms with E-state index in [2.05, 4.69) is 19.2 Å². The number of hydrogen-bond acceptors (Lipinski definition) is 7. The van der Waals surface area contributed by atoms with Gasteiger partial charge in [-0.1, -0.05) is 78.1 Å². The highest BCUT2D eigenvalue weighted by atomic mass is 32.2. The van der Waals surface area contributed by atoms with Crippen molar-refractivity contribution in [1.29, 1.82) is 0 Å². The van der Waals surface area contributed by atoms with E-state index in [-0.39, 0.29) is 60.0 Å². The van der Waals surface area contributed by atoms with E-state index in [0.717, 1.165) is 89.9 Å². The number of nitrogens with one attached hydrogen (secondary N) is 1. The molecule has 10 nitrogen and oxygen atoms in total. The molecule has 3 heterocycles. The molecule has 3 aliphatic carbocycles. The number of carbonyl (C=O) groups excluding carboxylic acids is 5. The predicted octanol–water partition coefficient (Wildman–Crippen LogP) is 5.37. The monoisotopic (exact) mass is 715 g/mol. The Hall–Kier alpha value is -2.14. The first-order valence-electron chi connectivity index (χ1n) is 19.9. The molecule has 6 fully saturated rings. The van der Waals surface area contributed by atoms with Crippen molar-refractivity contribution < 1.29 is 32.4 Å². The molecule has 6 rings (SSSR count). The van der Waals surface area contributed by atoms with Gasteiger partial charge in [0.2, 0.25) is 21.7 Å². The molecule has 50 heavy (non-hydrogen) atoms. The summed E-state index contributed by atoms with van der Waals surface area (Å²) in [6.45, 7) is 5.22. The Kier molecular flexibility index (Phi) is 11.3. The van der Waals surface area contributed by atoms with Crippen LogP contribution in [-0.4, -0.2) is 84.3 Å². The summed E-state index contributed by atoms with van der Waals surface area (Å²) < 4.78 is 28.3. The van der Waals surface area contributed by atoms with Crippen LogP contribution in [0.15, 0.2) is 0 Å². The van der Waals surface area contributed by atoms with Crippen molar-refractivity contribution >= 4 is 39.2 Å². The van der Waals surface area contributed by atoms with Crippen molar-refractivity contribution in [2.24, 2.45) is 34.5 Å². The van der Waals surface area contributed by atoms with Gasteiger partial charge in [-0.15, -0.1) is 0 Å². The number of fused-ring (bicyclic) bond motifs is 3. The number of carbonyl (C=O) groups is 5. The third kappa shape index (κ3) is 7.79. The number of amides is 2. The lowest BCUT2D eigenvalue weighted by Crippen LogP contribution is -2.49. The van der Waals surface area contributed by atoms with E-state index >= 15 is 0 Å². The zero-order chi connectivity index (χ0) is 35.8. The molecule has 0 radical (unpaired) electrons. The zero-order valence-electron chi connectivity index (χ0n) is 30.8. The summed E-state index contributed by atoms with van der Waals surface area (Å²) in [4.78, 5) is 71.0. The second-order valence-corrected chi connectivity index (χ2v) is 19.8. The van der Waals surface area contributed by atoms with Gasteiger partial charge in [-0.3, -0.25) is 24.0 Å². The van der Waals surface area contributed by atoms with E-state index in [1.165, 1.54) is 4.31 Å². The van der Waals surface area contributed by atoms with Gasteiger partial charge in [0.25, 0.3) is 5.91 Å². The maximum atomic E-state index is 14.6. The molecule has 0 spiro atoms. The molecule has 3 saturated carbocycles. The number of hydrogen-bond donors (Lipinski definition) is 1. The maximum absolute atomic E-state index is 14.6. The molecule has 0 aromatic heterocycles. The smallest absolute Gasteiger partial charge is 0.287 e. The van der Waals surface area contributed by atoms with Crippen LogP contribution in [0.3, 0.4) is 0 Å². The van der Waals surface area contributed by atoms with Gasteiger partial charge in [0.05, 0.1) is 11.3 Å². The molecule has 2 amide bonds. The summed E-state index contributed by atoms with van der Waals surface area (Å²) in [5.41, 5.74) is -0.690. The summed E-state index contributed by atoms with van der Waals surface area (Å²) in [5, 5.41) is 2.26. The number of rotatable bonds is 8. The van der Waals surface area contributed by atoms with Crippen LogP contribution in [0.1, 0.15) is 142 Å². The molecule has 0 aromatic rings. The molecule has 3 saturated heterocycles. The van der Waals surface area contributed by atoms with Crippen molar-refractivity contribution in [3.63, 3.8) is 0 Å². The zero-order valence-corrected chi connectivity index (χ0v) is 31.6. The lowest BCUT2D eigenvalue weighted by Gasteiger charge is -2.41. The third-order valence-electron chi connectivity index (χ3n) is 13.8. The van der Waals surface area contributed by atoms with Crippen molar-refractivity contribution in [1.82, 2.24) is 14.5 Å². The fourth-order valence-electron chi connectivity index (χ4n) is 10.5. The number of ketones is 3. The van der Waals surface area contributed by atoms with Crippen molar-refractivity contribution in [2.75, 3.05) is 20.1 Å². The molecule has 3 aliphatic heterocycles. The van der Waals surface area contributed by atoms with E-state index in [1.54, 1.807) is 11.9 Å². The summed E-state index contributed by atoms with van der Waals surface area (Å²) >= 11 is 0. The molecule has 11 heteroatoms. The van der Waals surface area contributed by atoms with E-state index in [4.69, 9.17) is 0 Å². The normalized spacial score (nSPS) is 34.8. The number of sulfonamides is 1. The second kappa shape index (κ2) is 15.1. The van der Waals surface area contributed by atoms with Crippen molar-refractivity contribution in [3.05, 3.63) is 0 Å². The van der Waals surface area contributed by atoms with Gasteiger partial charge >= 0.3 is 0 Å². The highest BCUT2D eigenvalue weighted by Gasteiger charge is 2.69. The fourth-order valence-corrected chi connectivity index (χ4v) is 12.6. The largest absolute Gasteiger partial charge is 0.347 e. The molecule has 6 aliphatic rings. The molecular formula is C39H61N3O7S. The Bertz CT molecular complexity index is 1430. The first-order valence-corrected chi connectivity index (χ1v) is 21.4. The average molecular weight is 716 g/mol. The highest BCUT2D eigenvalue weighted by molar-refractivity contribution is 7.90. The Morgan fingerprint density at radius 1 is 0.840 bits per heavy atom. The summed E-state index contributed by atoms with van der Waals surface area (Å²) in [6, 6.07) is -0.598. The minimum Gasteiger partial charge on any atom is -0.347 e. The van der Waals surface area contributed by atoms with E-state index in [9.17, 15) is 32.4 Å². The van der Waals surface area contributed by atoms with E-state index in [0.29, 0.717) is 32.4 Å². The van der Waals surface area contributed by atoms with Gasteiger partial charge in [-0.05, 0) is 67.6 Å². The molecule has 280 valence electrons. The Balaban J connectivity index is 1.22. The van der Waals surface area contributed by atoms with Crippen molar-refractivity contribution in [2.45, 2.75) is 160 Å². The Morgan fingerprint density at radius 3 is 2.08 bits per heavy atom. The maximum Gasteiger partial charge on any atom is 0.287 e. The van der Waals surface area contributed by atoms with E-state index < -0.39 is 50.3 Å². The van der Waals surface area contributed by atoms with Crippen LogP contribution in [0.5, 0.6) is 0 Å². The quantitative estimate of drug-likeness (QED) is 0.334. The van der Waals surface area contributed by atoms with Gasteiger partial charge in [0.15, 0.2) is 5.78 Å². The number of Topliss-reactive ketones (excluding diaryl/α,β-unsaturated/α-hetero) is 3. The van der Waals surface area contributed by atoms with Gasteiger partial charge in [0, 0.05) is 57.3 Å². The number of piperidine rings is 1. The summed E-state index contributed by atoms with van der Waals surface area (Å²) in [7, 11) is -1.85. The minimum absolute atomic E-state index is 0.000277. The van der Waals surface area contributed by atoms with Gasteiger partial charge in [-0.2, -0.15) is 0 Å². The van der Waals surface area contributed by atoms with Crippen LogP contribution >= 0.6 is 0 Å². The fraction of sp³-hybridized carbons (Fsp3) is 0.872. The third-order valence-corrected chi connectivity index (χ3v) is 16.3. The lowest BCUT2D eigenvalue weighted by molar-refractivity contribution is -0.146. The minimum atomic E-state index is -3.48. The molecule has 0 bridgehead atoms. The first kappa shape index (κ1) is 37.6. The van der Waals surface area contributed by atoms with Crippen LogP contribution in [0.4, 0.5) is 0 Å². The summed E-state index contributed by atoms with van der Waals surface area (Å²) in [6.07, 6.45) is 14.5.